The molecule has 0 saturated carbocycles. The number of nitrogens with zero attached hydrogens (tertiary/aromatic N) is 1. The standard InChI is InChI=1S/C17H19N3O4/c1-22-14-6-4-13(5-7-14)20-17(21)11-24-15-8-3-12(10-19-18)9-16(15)23-2/h3-10H,11,18H2,1-2H3,(H,20,21). The smallest absolute Gasteiger partial charge is 0.262 e. The normalized spacial score (nSPS) is 10.4. The molecule has 2 aromatic carbocycles. The van der Waals surface area contributed by atoms with E-state index in [1.165, 1.54) is 13.3 Å². The lowest BCUT2D eigenvalue weighted by Gasteiger charge is -2.11. The van der Waals surface area contributed by atoms with Crippen molar-refractivity contribution < 1.29 is 19.0 Å². The Labute approximate surface area is 140 Å². The second-order valence-electron chi connectivity index (χ2n) is 4.75. The van der Waals surface area contributed by atoms with Crippen molar-refractivity contribution in [2.24, 2.45) is 10.9 Å². The van der Waals surface area contributed by atoms with Crippen LogP contribution < -0.4 is 25.4 Å². The van der Waals surface area contributed by atoms with Crippen molar-refractivity contribution in [2.45, 2.75) is 0 Å². The van der Waals surface area contributed by atoms with Crippen molar-refractivity contribution in [1.82, 2.24) is 0 Å². The summed E-state index contributed by atoms with van der Waals surface area (Å²) in [6, 6.07) is 12.2. The molecule has 7 nitrogen and oxygen atoms in total. The summed E-state index contributed by atoms with van der Waals surface area (Å²) in [6.45, 7) is -0.146. The Morgan fingerprint density at radius 1 is 1.12 bits per heavy atom. The van der Waals surface area contributed by atoms with Crippen LogP contribution in [0.15, 0.2) is 47.6 Å². The molecule has 3 N–H and O–H groups in total. The molecule has 0 aliphatic rings. The molecule has 0 saturated heterocycles. The van der Waals surface area contributed by atoms with E-state index in [0.29, 0.717) is 17.2 Å². The third-order valence-electron chi connectivity index (χ3n) is 3.14. The summed E-state index contributed by atoms with van der Waals surface area (Å²) in [7, 11) is 3.10. The first-order valence-corrected chi connectivity index (χ1v) is 7.14. The average molecular weight is 329 g/mol. The quantitative estimate of drug-likeness (QED) is 0.460. The van der Waals surface area contributed by atoms with E-state index in [1.54, 1.807) is 49.6 Å². The Kier molecular flexibility index (Phi) is 6.01. The van der Waals surface area contributed by atoms with Gasteiger partial charge >= 0.3 is 0 Å². The Morgan fingerprint density at radius 2 is 1.88 bits per heavy atom. The molecule has 0 bridgehead atoms. The zero-order chi connectivity index (χ0) is 17.4. The summed E-state index contributed by atoms with van der Waals surface area (Å²) in [5, 5.41) is 6.18. The molecular weight excluding hydrogens is 310 g/mol. The zero-order valence-corrected chi connectivity index (χ0v) is 13.5. The number of amides is 1. The Balaban J connectivity index is 1.95. The van der Waals surface area contributed by atoms with Crippen LogP contribution in [0.2, 0.25) is 0 Å². The summed E-state index contributed by atoms with van der Waals surface area (Å²) in [4.78, 5) is 12.0. The fraction of sp³-hybridized carbons (Fsp3) is 0.176. The molecule has 0 aromatic heterocycles. The third-order valence-corrected chi connectivity index (χ3v) is 3.14. The molecule has 0 unspecified atom stereocenters. The number of nitrogens with one attached hydrogen (secondary N) is 1. The van der Waals surface area contributed by atoms with E-state index in [1.807, 2.05) is 0 Å². The van der Waals surface area contributed by atoms with Gasteiger partial charge in [0.15, 0.2) is 18.1 Å². The maximum atomic E-state index is 12.0. The summed E-state index contributed by atoms with van der Waals surface area (Å²) in [5.41, 5.74) is 1.43. The van der Waals surface area contributed by atoms with Crippen LogP contribution in [0.3, 0.4) is 0 Å². The summed E-state index contributed by atoms with van der Waals surface area (Å²) in [6.07, 6.45) is 1.49. The summed E-state index contributed by atoms with van der Waals surface area (Å²) < 4.78 is 15.8. The fourth-order valence-corrected chi connectivity index (χ4v) is 1.98. The number of nitrogens with two attached hydrogens (primary N) is 1. The average Bonchev–Trinajstić information content (AvgIpc) is 2.61. The second kappa shape index (κ2) is 8.42. The fourth-order valence-electron chi connectivity index (χ4n) is 1.98. The zero-order valence-electron chi connectivity index (χ0n) is 13.5. The predicted molar refractivity (Wildman–Crippen MR) is 91.9 cm³/mol. The lowest BCUT2D eigenvalue weighted by atomic mass is 10.2. The van der Waals surface area contributed by atoms with Gasteiger partial charge in [-0.25, -0.2) is 0 Å². The molecule has 0 heterocycles. The van der Waals surface area contributed by atoms with Crippen LogP contribution in [0.1, 0.15) is 5.56 Å². The first kappa shape index (κ1) is 17.1. The van der Waals surface area contributed by atoms with Crippen molar-refractivity contribution in [3.05, 3.63) is 48.0 Å². The van der Waals surface area contributed by atoms with Gasteiger partial charge in [0.05, 0.1) is 20.4 Å². The molecule has 0 radical (unpaired) electrons. The van der Waals surface area contributed by atoms with E-state index < -0.39 is 0 Å². The van der Waals surface area contributed by atoms with E-state index in [-0.39, 0.29) is 12.5 Å². The van der Waals surface area contributed by atoms with Crippen LogP contribution in [0.4, 0.5) is 5.69 Å². The maximum Gasteiger partial charge on any atom is 0.262 e. The van der Waals surface area contributed by atoms with Crippen LogP contribution in [0, 0.1) is 0 Å². The van der Waals surface area contributed by atoms with Crippen molar-refractivity contribution in [1.29, 1.82) is 0 Å². The van der Waals surface area contributed by atoms with Crippen molar-refractivity contribution in [3.8, 4) is 17.2 Å². The topological polar surface area (TPSA) is 95.2 Å². The Morgan fingerprint density at radius 3 is 2.50 bits per heavy atom. The Bertz CT molecular complexity index is 714. The van der Waals surface area contributed by atoms with Crippen molar-refractivity contribution in [2.75, 3.05) is 26.1 Å². The highest BCUT2D eigenvalue weighted by atomic mass is 16.5. The summed E-state index contributed by atoms with van der Waals surface area (Å²) >= 11 is 0. The van der Waals surface area contributed by atoms with Crippen LogP contribution in [-0.4, -0.2) is 32.9 Å². The Hall–Kier alpha value is -3.22. The lowest BCUT2D eigenvalue weighted by Crippen LogP contribution is -2.20. The van der Waals surface area contributed by atoms with Crippen LogP contribution in [0.25, 0.3) is 0 Å². The largest absolute Gasteiger partial charge is 0.497 e. The predicted octanol–water partition coefficient (Wildman–Crippen LogP) is 2.01. The summed E-state index contributed by atoms with van der Waals surface area (Å²) in [5.74, 6) is 6.50. The second-order valence-corrected chi connectivity index (χ2v) is 4.75. The molecule has 0 aliphatic heterocycles. The molecule has 2 rings (SSSR count). The minimum absolute atomic E-state index is 0.146. The number of ether oxygens (including phenoxy) is 3. The van der Waals surface area contributed by atoms with Gasteiger partial charge in [0.2, 0.25) is 0 Å². The molecule has 7 heteroatoms. The number of methoxy groups -OCH3 is 2. The van der Waals surface area contributed by atoms with Gasteiger partial charge in [0.25, 0.3) is 5.91 Å². The molecule has 0 aliphatic carbocycles. The van der Waals surface area contributed by atoms with Gasteiger partial charge < -0.3 is 25.4 Å². The lowest BCUT2D eigenvalue weighted by molar-refractivity contribution is -0.118. The van der Waals surface area contributed by atoms with E-state index in [9.17, 15) is 4.79 Å². The molecule has 0 atom stereocenters. The number of hydrazone groups is 1. The van der Waals surface area contributed by atoms with Gasteiger partial charge in [0, 0.05) is 5.69 Å². The minimum atomic E-state index is -0.283. The van der Waals surface area contributed by atoms with E-state index in [4.69, 9.17) is 20.1 Å². The first-order chi connectivity index (χ1) is 11.7. The third kappa shape index (κ3) is 4.64. The van der Waals surface area contributed by atoms with Gasteiger partial charge in [-0.3, -0.25) is 4.79 Å². The van der Waals surface area contributed by atoms with Gasteiger partial charge in [-0.05, 0) is 48.0 Å². The highest BCUT2D eigenvalue weighted by Gasteiger charge is 2.09. The van der Waals surface area contributed by atoms with Crippen LogP contribution in [-0.2, 0) is 4.79 Å². The van der Waals surface area contributed by atoms with Crippen molar-refractivity contribution in [3.63, 3.8) is 0 Å². The number of hydrogen-bond donors (Lipinski definition) is 2. The SMILES string of the molecule is COc1ccc(NC(=O)COc2ccc(C=NN)cc2OC)cc1. The van der Waals surface area contributed by atoms with Gasteiger partial charge in [0.1, 0.15) is 5.75 Å². The highest BCUT2D eigenvalue weighted by Crippen LogP contribution is 2.27. The first-order valence-electron chi connectivity index (χ1n) is 7.14. The van der Waals surface area contributed by atoms with Gasteiger partial charge in [-0.15, -0.1) is 0 Å². The number of rotatable bonds is 7. The number of carbonyl (C=O) groups excluding carboxylic acids is 1. The number of hydrogen-bond acceptors (Lipinski definition) is 6. The molecular formula is C17H19N3O4. The van der Waals surface area contributed by atoms with Crippen molar-refractivity contribution >= 4 is 17.8 Å². The van der Waals surface area contributed by atoms with Crippen LogP contribution in [0.5, 0.6) is 17.2 Å². The highest BCUT2D eigenvalue weighted by molar-refractivity contribution is 5.92. The number of benzene rings is 2. The molecule has 0 spiro atoms. The molecule has 24 heavy (non-hydrogen) atoms. The van der Waals surface area contributed by atoms with Crippen LogP contribution >= 0.6 is 0 Å². The minimum Gasteiger partial charge on any atom is -0.497 e. The number of carbonyl (C=O) groups is 1. The molecule has 1 amide bonds. The molecule has 126 valence electrons. The van der Waals surface area contributed by atoms with Gasteiger partial charge in [-0.2, -0.15) is 5.10 Å². The van der Waals surface area contributed by atoms with E-state index in [2.05, 4.69) is 10.4 Å². The number of anilines is 1. The van der Waals surface area contributed by atoms with E-state index in [0.717, 1.165) is 11.3 Å². The van der Waals surface area contributed by atoms with E-state index >= 15 is 0 Å². The van der Waals surface area contributed by atoms with Gasteiger partial charge in [-0.1, -0.05) is 0 Å². The maximum absolute atomic E-state index is 12.0. The monoisotopic (exact) mass is 329 g/mol. The molecule has 0 fully saturated rings. The molecule has 2 aromatic rings.